The summed E-state index contributed by atoms with van der Waals surface area (Å²) in [6.07, 6.45) is 114. The highest BCUT2D eigenvalue weighted by molar-refractivity contribution is 7.47. The van der Waals surface area contributed by atoms with E-state index < -0.39 is 26.5 Å². The monoisotopic (exact) mass is 1420 g/mol. The fourth-order valence-corrected chi connectivity index (χ4v) is 14.4. The lowest BCUT2D eigenvalue weighted by Crippen LogP contribution is -2.29. The van der Waals surface area contributed by atoms with Crippen molar-refractivity contribution in [3.63, 3.8) is 0 Å². The fourth-order valence-electron chi connectivity index (χ4n) is 13.7. The molecule has 10 heteroatoms. The number of esters is 2. The molecule has 0 aromatic carbocycles. The van der Waals surface area contributed by atoms with Crippen LogP contribution in [0.25, 0.3) is 0 Å². The number of carbonyl (C=O) groups is 2. The number of hydrogen-bond acceptors (Lipinski definition) is 8. The Labute approximate surface area is 622 Å². The molecule has 0 heterocycles. The second-order valence-corrected chi connectivity index (χ2v) is 31.6. The van der Waals surface area contributed by atoms with Gasteiger partial charge in [0.2, 0.25) is 0 Å². The molecule has 0 saturated heterocycles. The van der Waals surface area contributed by atoms with Crippen molar-refractivity contribution < 1.29 is 37.6 Å². The van der Waals surface area contributed by atoms with Crippen molar-refractivity contribution in [2.75, 3.05) is 26.4 Å². The molecule has 2 unspecified atom stereocenters. The molecule has 9 nitrogen and oxygen atoms in total. The Morgan fingerprint density at radius 2 is 0.550 bits per heavy atom. The molecule has 0 spiro atoms. The minimum atomic E-state index is -4.40. The first kappa shape index (κ1) is 97.7. The lowest BCUT2D eigenvalue weighted by molar-refractivity contribution is -0.161. The maximum absolute atomic E-state index is 12.8. The molecule has 0 rings (SSSR count). The predicted octanol–water partition coefficient (Wildman–Crippen LogP) is 30.1. The average Bonchev–Trinajstić information content (AvgIpc) is 0.983. The van der Waals surface area contributed by atoms with E-state index in [9.17, 15) is 19.0 Å². The molecule has 100 heavy (non-hydrogen) atoms. The summed E-state index contributed by atoms with van der Waals surface area (Å²) >= 11 is 0. The Hall–Kier alpha value is -2.29. The number of rotatable bonds is 85. The predicted molar refractivity (Wildman–Crippen MR) is 436 cm³/mol. The molecular weight excluding hydrogens is 1250 g/mol. The quantitative estimate of drug-likeness (QED) is 0.0264. The molecule has 0 radical (unpaired) electrons. The van der Waals surface area contributed by atoms with Crippen molar-refractivity contribution in [2.45, 2.75) is 476 Å². The highest BCUT2D eigenvalue weighted by atomic mass is 31.2. The summed E-state index contributed by atoms with van der Waals surface area (Å²) in [5.74, 6) is -0.799. The number of phosphoric ester groups is 1. The smallest absolute Gasteiger partial charge is 0.462 e. The summed E-state index contributed by atoms with van der Waals surface area (Å²) in [5, 5.41) is 0. The number of allylic oxidation sites excluding steroid dienone is 10. The summed E-state index contributed by atoms with van der Waals surface area (Å²) in [6.45, 7) is 3.72. The summed E-state index contributed by atoms with van der Waals surface area (Å²) in [6, 6.07) is 0. The van der Waals surface area contributed by atoms with E-state index in [1.165, 1.54) is 372 Å². The molecular formula is C90H170NO8P. The molecule has 0 aromatic rings. The number of hydrogen-bond donors (Lipinski definition) is 2. The zero-order chi connectivity index (χ0) is 72.2. The van der Waals surface area contributed by atoms with Crippen LogP contribution in [-0.4, -0.2) is 49.3 Å². The Morgan fingerprint density at radius 1 is 0.310 bits per heavy atom. The zero-order valence-electron chi connectivity index (χ0n) is 66.7. The Kier molecular flexibility index (Phi) is 83.7. The molecule has 2 atom stereocenters. The SMILES string of the molecule is CC/C=C\C/C=C\C/C=C\C/C=C\C/C=C\CCCCCCCCCCCCCCCCCCCCCCCCCCCC(=O)OC(COC(=O)CCCCCCCCCCCCCCCCCCCCCCCCCCCCCCCCCCCCCCCC)COP(=O)(O)OCCN. The van der Waals surface area contributed by atoms with Gasteiger partial charge < -0.3 is 20.1 Å². The molecule has 0 aliphatic rings. The summed E-state index contributed by atoms with van der Waals surface area (Å²) in [4.78, 5) is 35.5. The Balaban J connectivity index is 3.70. The molecule has 0 fully saturated rings. The van der Waals surface area contributed by atoms with Gasteiger partial charge in [0, 0.05) is 19.4 Å². The van der Waals surface area contributed by atoms with Crippen LogP contribution in [0.4, 0.5) is 0 Å². The van der Waals surface area contributed by atoms with Gasteiger partial charge in [0.1, 0.15) is 6.61 Å². The maximum atomic E-state index is 12.8. The van der Waals surface area contributed by atoms with Crippen molar-refractivity contribution in [1.29, 1.82) is 0 Å². The first-order valence-electron chi connectivity index (χ1n) is 44.3. The van der Waals surface area contributed by atoms with E-state index in [4.69, 9.17) is 24.3 Å². The van der Waals surface area contributed by atoms with Crippen molar-refractivity contribution in [3.8, 4) is 0 Å². The van der Waals surface area contributed by atoms with Gasteiger partial charge in [0.15, 0.2) is 6.10 Å². The third kappa shape index (κ3) is 84.6. The van der Waals surface area contributed by atoms with Crippen LogP contribution in [-0.2, 0) is 32.7 Å². The van der Waals surface area contributed by atoms with Gasteiger partial charge in [-0.3, -0.25) is 18.6 Å². The van der Waals surface area contributed by atoms with E-state index in [1.54, 1.807) is 0 Å². The van der Waals surface area contributed by atoms with E-state index in [2.05, 4.69) is 74.6 Å². The molecule has 0 amide bonds. The molecule has 0 bridgehead atoms. The van der Waals surface area contributed by atoms with Crippen LogP contribution in [0.5, 0.6) is 0 Å². The van der Waals surface area contributed by atoms with Gasteiger partial charge in [-0.1, -0.05) is 460 Å². The van der Waals surface area contributed by atoms with Gasteiger partial charge in [-0.25, -0.2) is 4.57 Å². The van der Waals surface area contributed by atoms with E-state index in [0.717, 1.165) is 64.2 Å². The lowest BCUT2D eigenvalue weighted by atomic mass is 10.0. The number of nitrogens with two attached hydrogens (primary N) is 1. The largest absolute Gasteiger partial charge is 0.472 e. The standard InChI is InChI=1S/C90H170NO8P/c1-3-5-7-9-11-13-15-17-19-21-23-25-27-29-31-33-35-37-39-41-43-44-45-47-49-51-53-55-57-59-61-63-65-67-69-71-73-75-77-79-81-83-90(93)99-88(87-98-100(94,95)97-85-84-91)86-96-89(92)82-80-78-76-74-72-70-68-66-64-62-60-58-56-54-52-50-48-46-42-40-38-36-34-32-30-28-26-24-22-20-18-16-14-12-10-8-6-4-2/h5,7,11,13,17,19,23,25,29,31,88H,3-4,6,8-10,12,14-16,18,20-22,24,26-28,30,32-87,91H2,1-2H3,(H,94,95)/b7-5-,13-11-,19-17-,25-23-,31-29-. The van der Waals surface area contributed by atoms with Gasteiger partial charge in [-0.15, -0.1) is 0 Å². The number of unbranched alkanes of at least 4 members (excludes halogenated alkanes) is 62. The molecule has 0 aromatic heterocycles. The van der Waals surface area contributed by atoms with Gasteiger partial charge in [0.05, 0.1) is 13.2 Å². The van der Waals surface area contributed by atoms with Gasteiger partial charge in [-0.05, 0) is 57.8 Å². The first-order valence-corrected chi connectivity index (χ1v) is 45.8. The first-order chi connectivity index (χ1) is 49.3. The summed E-state index contributed by atoms with van der Waals surface area (Å²) in [5.41, 5.74) is 5.43. The summed E-state index contributed by atoms with van der Waals surface area (Å²) in [7, 11) is -4.40. The Bertz CT molecular complexity index is 1830. The van der Waals surface area contributed by atoms with Crippen LogP contribution in [0.15, 0.2) is 60.8 Å². The van der Waals surface area contributed by atoms with Crippen molar-refractivity contribution in [3.05, 3.63) is 60.8 Å². The second kappa shape index (κ2) is 85.6. The fraction of sp³-hybridized carbons (Fsp3) is 0.867. The van der Waals surface area contributed by atoms with Crippen LogP contribution < -0.4 is 5.73 Å². The van der Waals surface area contributed by atoms with Gasteiger partial charge >= 0.3 is 19.8 Å². The highest BCUT2D eigenvalue weighted by Gasteiger charge is 2.26. The topological polar surface area (TPSA) is 134 Å². The van der Waals surface area contributed by atoms with Gasteiger partial charge in [0.25, 0.3) is 0 Å². The normalized spacial score (nSPS) is 13.0. The molecule has 588 valence electrons. The molecule has 0 aliphatic heterocycles. The second-order valence-electron chi connectivity index (χ2n) is 30.1. The van der Waals surface area contributed by atoms with Crippen LogP contribution >= 0.6 is 7.82 Å². The third-order valence-electron chi connectivity index (χ3n) is 20.2. The highest BCUT2D eigenvalue weighted by Crippen LogP contribution is 2.43. The van der Waals surface area contributed by atoms with Crippen molar-refractivity contribution >= 4 is 19.8 Å². The molecule has 0 saturated carbocycles. The number of ether oxygens (including phenoxy) is 2. The van der Waals surface area contributed by atoms with Crippen LogP contribution in [0.3, 0.4) is 0 Å². The van der Waals surface area contributed by atoms with E-state index in [-0.39, 0.29) is 38.6 Å². The van der Waals surface area contributed by atoms with E-state index in [1.807, 2.05) is 0 Å². The van der Waals surface area contributed by atoms with E-state index >= 15 is 0 Å². The van der Waals surface area contributed by atoms with Crippen molar-refractivity contribution in [2.24, 2.45) is 5.73 Å². The minimum Gasteiger partial charge on any atom is -0.462 e. The van der Waals surface area contributed by atoms with Crippen LogP contribution in [0.2, 0.25) is 0 Å². The van der Waals surface area contributed by atoms with Crippen molar-refractivity contribution in [1.82, 2.24) is 0 Å². The average molecular weight is 1430 g/mol. The van der Waals surface area contributed by atoms with Gasteiger partial charge in [-0.2, -0.15) is 0 Å². The summed E-state index contributed by atoms with van der Waals surface area (Å²) < 4.78 is 33.3. The maximum Gasteiger partial charge on any atom is 0.472 e. The van der Waals surface area contributed by atoms with Crippen LogP contribution in [0, 0.1) is 0 Å². The van der Waals surface area contributed by atoms with E-state index in [0.29, 0.717) is 6.42 Å². The molecule has 3 N–H and O–H groups in total. The number of carbonyl (C=O) groups excluding carboxylic acids is 2. The lowest BCUT2D eigenvalue weighted by Gasteiger charge is -2.19. The zero-order valence-corrected chi connectivity index (χ0v) is 67.6. The number of phosphoric acid groups is 1. The molecule has 0 aliphatic carbocycles. The third-order valence-corrected chi connectivity index (χ3v) is 21.2. The van der Waals surface area contributed by atoms with Crippen LogP contribution in [0.1, 0.15) is 470 Å². The minimum absolute atomic E-state index is 0.0564. The Morgan fingerprint density at radius 3 is 0.820 bits per heavy atom.